The number of aromatic nitrogens is 2. The summed E-state index contributed by atoms with van der Waals surface area (Å²) in [7, 11) is 0. The maximum Gasteiger partial charge on any atom is 0.261 e. The molecular weight excluding hydrogens is 338 g/mol. The van der Waals surface area contributed by atoms with E-state index in [0.29, 0.717) is 22.5 Å². The summed E-state index contributed by atoms with van der Waals surface area (Å²) in [5, 5.41) is 0.891. The number of nitrogens with zero attached hydrogens (tertiary/aromatic N) is 3. The maximum absolute atomic E-state index is 12.8. The smallest absolute Gasteiger partial charge is 0.261 e. The molecule has 0 saturated carbocycles. The van der Waals surface area contributed by atoms with Crippen LogP contribution in [0.15, 0.2) is 53.6 Å². The topological polar surface area (TPSA) is 55.2 Å². The van der Waals surface area contributed by atoms with Gasteiger partial charge in [-0.2, -0.15) is 0 Å². The van der Waals surface area contributed by atoms with E-state index in [9.17, 15) is 9.59 Å². The summed E-state index contributed by atoms with van der Waals surface area (Å²) in [6.45, 7) is 0.625. The lowest BCUT2D eigenvalue weighted by Gasteiger charge is -2.29. The van der Waals surface area contributed by atoms with Crippen LogP contribution in [0, 0.1) is 0 Å². The highest BCUT2D eigenvalue weighted by Gasteiger charge is 2.22. The van der Waals surface area contributed by atoms with Gasteiger partial charge in [0.15, 0.2) is 0 Å². The zero-order chi connectivity index (χ0) is 17.4. The van der Waals surface area contributed by atoms with Gasteiger partial charge in [-0.3, -0.25) is 14.2 Å². The summed E-state index contributed by atoms with van der Waals surface area (Å²) >= 11 is 5.98. The molecule has 2 heterocycles. The Labute approximate surface area is 149 Å². The molecule has 1 aliphatic rings. The van der Waals surface area contributed by atoms with Gasteiger partial charge in [-0.15, -0.1) is 0 Å². The quantitative estimate of drug-likeness (QED) is 0.711. The highest BCUT2D eigenvalue weighted by Crippen LogP contribution is 2.26. The van der Waals surface area contributed by atoms with Crippen molar-refractivity contribution in [3.05, 3.63) is 69.7 Å². The lowest BCUT2D eigenvalue weighted by Crippen LogP contribution is -2.39. The Morgan fingerprint density at radius 1 is 1.20 bits per heavy atom. The molecule has 4 rings (SSSR count). The van der Waals surface area contributed by atoms with Gasteiger partial charge in [-0.1, -0.05) is 29.8 Å². The van der Waals surface area contributed by atoms with Crippen LogP contribution in [-0.2, 0) is 17.8 Å². The predicted molar refractivity (Wildman–Crippen MR) is 98.1 cm³/mol. The summed E-state index contributed by atoms with van der Waals surface area (Å²) in [6, 6.07) is 12.9. The monoisotopic (exact) mass is 353 g/mol. The number of rotatable bonds is 2. The highest BCUT2D eigenvalue weighted by atomic mass is 35.5. The molecule has 6 heteroatoms. The van der Waals surface area contributed by atoms with Crippen LogP contribution >= 0.6 is 11.6 Å². The molecule has 0 fully saturated rings. The lowest BCUT2D eigenvalue weighted by molar-refractivity contribution is -0.119. The third-order valence-corrected chi connectivity index (χ3v) is 4.74. The van der Waals surface area contributed by atoms with Gasteiger partial charge < -0.3 is 4.90 Å². The SMILES string of the molecule is O=C(Cn1cnc2ccc(Cl)cc2c1=O)N1CCCc2ccccc21. The maximum atomic E-state index is 12.8. The van der Waals surface area contributed by atoms with Crippen molar-refractivity contribution in [1.82, 2.24) is 9.55 Å². The minimum absolute atomic E-state index is 0.0391. The summed E-state index contributed by atoms with van der Waals surface area (Å²) in [5.41, 5.74) is 2.41. The Bertz CT molecular complexity index is 1030. The van der Waals surface area contributed by atoms with Crippen molar-refractivity contribution < 1.29 is 4.79 Å². The van der Waals surface area contributed by atoms with Crippen LogP contribution in [0.3, 0.4) is 0 Å². The number of hydrogen-bond acceptors (Lipinski definition) is 3. The van der Waals surface area contributed by atoms with Gasteiger partial charge in [-0.05, 0) is 42.7 Å². The van der Waals surface area contributed by atoms with E-state index in [2.05, 4.69) is 4.98 Å². The zero-order valence-electron chi connectivity index (χ0n) is 13.5. The number of anilines is 1. The first-order valence-electron chi connectivity index (χ1n) is 8.16. The fraction of sp³-hybridized carbons (Fsp3) is 0.211. The fourth-order valence-electron chi connectivity index (χ4n) is 3.27. The molecular formula is C19H16ClN3O2. The Morgan fingerprint density at radius 3 is 2.92 bits per heavy atom. The van der Waals surface area contributed by atoms with Gasteiger partial charge in [0.2, 0.25) is 5.91 Å². The van der Waals surface area contributed by atoms with Crippen molar-refractivity contribution in [1.29, 1.82) is 0 Å². The molecule has 1 aromatic heterocycles. The normalized spacial score (nSPS) is 13.7. The first kappa shape index (κ1) is 15.8. The molecule has 1 aliphatic heterocycles. The van der Waals surface area contributed by atoms with Gasteiger partial charge in [0.05, 0.1) is 17.2 Å². The molecule has 0 atom stereocenters. The van der Waals surface area contributed by atoms with Crippen molar-refractivity contribution >= 4 is 34.1 Å². The molecule has 5 nitrogen and oxygen atoms in total. The summed E-state index contributed by atoms with van der Waals surface area (Å²) in [6.07, 6.45) is 3.31. The van der Waals surface area contributed by atoms with E-state index in [1.807, 2.05) is 24.3 Å². The highest BCUT2D eigenvalue weighted by molar-refractivity contribution is 6.31. The molecule has 0 unspecified atom stereocenters. The molecule has 25 heavy (non-hydrogen) atoms. The van der Waals surface area contributed by atoms with Gasteiger partial charge >= 0.3 is 0 Å². The first-order valence-corrected chi connectivity index (χ1v) is 8.54. The van der Waals surface area contributed by atoms with Crippen LogP contribution in [0.5, 0.6) is 0 Å². The van der Waals surface area contributed by atoms with Crippen LogP contribution in [0.1, 0.15) is 12.0 Å². The van der Waals surface area contributed by atoms with Crippen molar-refractivity contribution in [3.63, 3.8) is 0 Å². The number of amides is 1. The first-order chi connectivity index (χ1) is 12.1. The summed E-state index contributed by atoms with van der Waals surface area (Å²) in [4.78, 5) is 31.5. The van der Waals surface area contributed by atoms with Crippen molar-refractivity contribution in [2.75, 3.05) is 11.4 Å². The average Bonchev–Trinajstić information content (AvgIpc) is 2.64. The molecule has 0 bridgehead atoms. The molecule has 126 valence electrons. The number of carbonyl (C=O) groups is 1. The second-order valence-electron chi connectivity index (χ2n) is 6.12. The van der Waals surface area contributed by atoms with Crippen LogP contribution in [0.4, 0.5) is 5.69 Å². The average molecular weight is 354 g/mol. The van der Waals surface area contributed by atoms with Crippen LogP contribution in [0.2, 0.25) is 5.02 Å². The number of benzene rings is 2. The summed E-state index contributed by atoms with van der Waals surface area (Å²) < 4.78 is 1.35. The van der Waals surface area contributed by atoms with E-state index in [1.165, 1.54) is 10.9 Å². The Balaban J connectivity index is 1.67. The molecule has 0 radical (unpaired) electrons. The summed E-state index contributed by atoms with van der Waals surface area (Å²) in [5.74, 6) is -0.113. The van der Waals surface area contributed by atoms with E-state index in [0.717, 1.165) is 24.1 Å². The largest absolute Gasteiger partial charge is 0.311 e. The molecule has 0 N–H and O–H groups in total. The lowest BCUT2D eigenvalue weighted by atomic mass is 10.0. The van der Waals surface area contributed by atoms with Gasteiger partial charge in [0.1, 0.15) is 6.54 Å². The van der Waals surface area contributed by atoms with Crippen LogP contribution in [0.25, 0.3) is 10.9 Å². The standard InChI is InChI=1S/C19H16ClN3O2/c20-14-7-8-16-15(10-14)19(25)22(12-21-16)11-18(24)23-9-3-5-13-4-1-2-6-17(13)23/h1-2,4,6-8,10,12H,3,5,9,11H2. The molecule has 0 saturated heterocycles. The molecule has 0 aliphatic carbocycles. The van der Waals surface area contributed by atoms with E-state index in [4.69, 9.17) is 11.6 Å². The molecule has 2 aromatic carbocycles. The van der Waals surface area contributed by atoms with E-state index in [-0.39, 0.29) is 18.0 Å². The number of halogens is 1. The Hall–Kier alpha value is -2.66. The second kappa shape index (κ2) is 6.33. The number of aryl methyl sites for hydroxylation is 1. The van der Waals surface area contributed by atoms with Crippen LogP contribution in [-0.4, -0.2) is 22.0 Å². The third kappa shape index (κ3) is 2.91. The van der Waals surface area contributed by atoms with E-state index in [1.54, 1.807) is 23.1 Å². The van der Waals surface area contributed by atoms with Gasteiger partial charge in [-0.25, -0.2) is 4.98 Å². The number of hydrogen-bond donors (Lipinski definition) is 0. The van der Waals surface area contributed by atoms with Crippen molar-refractivity contribution in [3.8, 4) is 0 Å². The molecule has 3 aromatic rings. The second-order valence-corrected chi connectivity index (χ2v) is 6.55. The van der Waals surface area contributed by atoms with Gasteiger partial charge in [0, 0.05) is 17.3 Å². The van der Waals surface area contributed by atoms with Gasteiger partial charge in [0.25, 0.3) is 5.56 Å². The minimum atomic E-state index is -0.258. The third-order valence-electron chi connectivity index (χ3n) is 4.50. The number of para-hydroxylation sites is 1. The fourth-order valence-corrected chi connectivity index (χ4v) is 3.44. The predicted octanol–water partition coefficient (Wildman–Crippen LogP) is 3.03. The van der Waals surface area contributed by atoms with Crippen LogP contribution < -0.4 is 10.5 Å². The number of fused-ring (bicyclic) bond motifs is 2. The Morgan fingerprint density at radius 2 is 2.04 bits per heavy atom. The number of carbonyl (C=O) groups excluding carboxylic acids is 1. The van der Waals surface area contributed by atoms with Crippen molar-refractivity contribution in [2.24, 2.45) is 0 Å². The molecule has 1 amide bonds. The zero-order valence-corrected chi connectivity index (χ0v) is 14.2. The van der Waals surface area contributed by atoms with Crippen molar-refractivity contribution in [2.45, 2.75) is 19.4 Å². The Kier molecular flexibility index (Phi) is 4.01. The minimum Gasteiger partial charge on any atom is -0.311 e. The molecule has 0 spiro atoms. The van der Waals surface area contributed by atoms with E-state index < -0.39 is 0 Å². The van der Waals surface area contributed by atoms with E-state index >= 15 is 0 Å².